The van der Waals surface area contributed by atoms with E-state index in [1.165, 1.54) is 7.11 Å². The summed E-state index contributed by atoms with van der Waals surface area (Å²) in [5, 5.41) is 11.8. The number of hydrogen-bond donors (Lipinski definition) is 2. The van der Waals surface area contributed by atoms with E-state index in [1.54, 1.807) is 6.92 Å². The largest absolute Gasteiger partial charge is 0.480 e. The summed E-state index contributed by atoms with van der Waals surface area (Å²) in [6.45, 7) is 1.59. The lowest BCUT2D eigenvalue weighted by atomic mass is 10.1. The summed E-state index contributed by atoms with van der Waals surface area (Å²) in [7, 11) is 1.37. The number of para-hydroxylation sites is 1. The van der Waals surface area contributed by atoms with Crippen molar-refractivity contribution in [3.8, 4) is 0 Å². The van der Waals surface area contributed by atoms with Crippen LogP contribution in [0.3, 0.4) is 0 Å². The summed E-state index contributed by atoms with van der Waals surface area (Å²) in [5.74, 6) is -1.13. The maximum absolute atomic E-state index is 11.0. The van der Waals surface area contributed by atoms with Crippen LogP contribution in [0.25, 0.3) is 0 Å². The molecule has 0 bridgehead atoms. The first-order valence-corrected chi connectivity index (χ1v) is 6.18. The van der Waals surface area contributed by atoms with Crippen molar-refractivity contribution >= 4 is 17.6 Å². The number of methoxy groups -OCH3 is 1. The highest BCUT2D eigenvalue weighted by Crippen LogP contribution is 2.18. The molecule has 0 fully saturated rings. The average molecular weight is 265 g/mol. The van der Waals surface area contributed by atoms with E-state index in [4.69, 9.17) is 5.11 Å². The Balaban J connectivity index is 2.62. The number of anilines is 1. The zero-order valence-corrected chi connectivity index (χ0v) is 11.2. The van der Waals surface area contributed by atoms with Crippen LogP contribution >= 0.6 is 0 Å². The molecule has 1 aromatic rings. The van der Waals surface area contributed by atoms with Crippen LogP contribution in [0.15, 0.2) is 24.3 Å². The SMILES string of the molecule is COC(=O)CCCc1ccccc1NC(C)C(=O)O. The van der Waals surface area contributed by atoms with E-state index in [2.05, 4.69) is 10.1 Å². The van der Waals surface area contributed by atoms with E-state index in [0.29, 0.717) is 19.3 Å². The van der Waals surface area contributed by atoms with Gasteiger partial charge in [-0.2, -0.15) is 0 Å². The Morgan fingerprint density at radius 2 is 2.05 bits per heavy atom. The summed E-state index contributed by atoms with van der Waals surface area (Å²) >= 11 is 0. The minimum atomic E-state index is -0.899. The van der Waals surface area contributed by atoms with Crippen LogP contribution in [0.2, 0.25) is 0 Å². The lowest BCUT2D eigenvalue weighted by Gasteiger charge is -2.14. The Morgan fingerprint density at radius 1 is 1.37 bits per heavy atom. The molecule has 2 N–H and O–H groups in total. The predicted octanol–water partition coefficient (Wildman–Crippen LogP) is 2.07. The topological polar surface area (TPSA) is 75.6 Å². The number of carbonyl (C=O) groups excluding carboxylic acids is 1. The lowest BCUT2D eigenvalue weighted by molar-refractivity contribution is -0.140. The molecular weight excluding hydrogens is 246 g/mol. The monoisotopic (exact) mass is 265 g/mol. The molecule has 0 aliphatic heterocycles. The molecule has 0 saturated carbocycles. The molecule has 19 heavy (non-hydrogen) atoms. The van der Waals surface area contributed by atoms with Crippen molar-refractivity contribution in [3.05, 3.63) is 29.8 Å². The molecule has 0 radical (unpaired) electrons. The Morgan fingerprint density at radius 3 is 2.68 bits per heavy atom. The van der Waals surface area contributed by atoms with Crippen molar-refractivity contribution in [2.45, 2.75) is 32.2 Å². The van der Waals surface area contributed by atoms with Crippen LogP contribution in [0.5, 0.6) is 0 Å². The van der Waals surface area contributed by atoms with E-state index >= 15 is 0 Å². The molecule has 1 unspecified atom stereocenters. The summed E-state index contributed by atoms with van der Waals surface area (Å²) < 4.78 is 4.58. The Bertz CT molecular complexity index is 445. The smallest absolute Gasteiger partial charge is 0.325 e. The maximum Gasteiger partial charge on any atom is 0.325 e. The second-order valence-electron chi connectivity index (χ2n) is 4.29. The van der Waals surface area contributed by atoms with Gasteiger partial charge in [-0.05, 0) is 31.4 Å². The first kappa shape index (κ1) is 15.0. The van der Waals surface area contributed by atoms with Crippen molar-refractivity contribution < 1.29 is 19.4 Å². The number of ether oxygens (including phenoxy) is 1. The number of rotatable bonds is 7. The minimum Gasteiger partial charge on any atom is -0.480 e. The molecule has 104 valence electrons. The lowest BCUT2D eigenvalue weighted by Crippen LogP contribution is -2.25. The number of aliphatic carboxylic acids is 1. The maximum atomic E-state index is 11.0. The molecule has 0 aromatic heterocycles. The second kappa shape index (κ2) is 7.41. The van der Waals surface area contributed by atoms with Gasteiger partial charge < -0.3 is 15.2 Å². The summed E-state index contributed by atoms with van der Waals surface area (Å²) in [4.78, 5) is 21.9. The van der Waals surface area contributed by atoms with Gasteiger partial charge in [-0.1, -0.05) is 18.2 Å². The Kier molecular flexibility index (Phi) is 5.85. The summed E-state index contributed by atoms with van der Waals surface area (Å²) in [5.41, 5.74) is 1.79. The highest BCUT2D eigenvalue weighted by atomic mass is 16.5. The first-order valence-electron chi connectivity index (χ1n) is 6.18. The third-order valence-corrected chi connectivity index (χ3v) is 2.81. The third kappa shape index (κ3) is 4.99. The number of carboxylic acids is 1. The van der Waals surface area contributed by atoms with E-state index in [-0.39, 0.29) is 5.97 Å². The van der Waals surface area contributed by atoms with Crippen LogP contribution in [0.1, 0.15) is 25.3 Å². The van der Waals surface area contributed by atoms with Gasteiger partial charge in [-0.15, -0.1) is 0 Å². The minimum absolute atomic E-state index is 0.232. The van der Waals surface area contributed by atoms with Gasteiger partial charge in [0.2, 0.25) is 0 Å². The van der Waals surface area contributed by atoms with Crippen LogP contribution in [0, 0.1) is 0 Å². The highest BCUT2D eigenvalue weighted by Gasteiger charge is 2.12. The van der Waals surface area contributed by atoms with E-state index in [1.807, 2.05) is 24.3 Å². The summed E-state index contributed by atoms with van der Waals surface area (Å²) in [6, 6.07) is 6.85. The van der Waals surface area contributed by atoms with E-state index < -0.39 is 12.0 Å². The molecule has 0 heterocycles. The van der Waals surface area contributed by atoms with Crippen molar-refractivity contribution in [1.82, 2.24) is 0 Å². The number of hydrogen-bond acceptors (Lipinski definition) is 4. The van der Waals surface area contributed by atoms with Crippen LogP contribution in [0.4, 0.5) is 5.69 Å². The van der Waals surface area contributed by atoms with Gasteiger partial charge in [0, 0.05) is 12.1 Å². The predicted molar refractivity (Wildman–Crippen MR) is 72.1 cm³/mol. The van der Waals surface area contributed by atoms with Gasteiger partial charge in [-0.25, -0.2) is 0 Å². The zero-order valence-electron chi connectivity index (χ0n) is 11.2. The third-order valence-electron chi connectivity index (χ3n) is 2.81. The molecule has 0 amide bonds. The van der Waals surface area contributed by atoms with Gasteiger partial charge in [0.05, 0.1) is 7.11 Å². The van der Waals surface area contributed by atoms with Crippen molar-refractivity contribution in [2.75, 3.05) is 12.4 Å². The van der Waals surface area contributed by atoms with Gasteiger partial charge in [0.1, 0.15) is 6.04 Å². The molecule has 5 nitrogen and oxygen atoms in total. The van der Waals surface area contributed by atoms with Gasteiger partial charge in [0.25, 0.3) is 0 Å². The number of aryl methyl sites for hydroxylation is 1. The second-order valence-corrected chi connectivity index (χ2v) is 4.29. The molecule has 0 aliphatic rings. The number of carbonyl (C=O) groups is 2. The molecule has 1 atom stereocenters. The zero-order chi connectivity index (χ0) is 14.3. The van der Waals surface area contributed by atoms with Crippen LogP contribution in [-0.2, 0) is 20.7 Å². The Labute approximate surface area is 112 Å². The number of carboxylic acid groups (broad SMARTS) is 1. The molecule has 0 aliphatic carbocycles. The molecule has 1 rings (SSSR count). The van der Waals surface area contributed by atoms with Gasteiger partial charge in [-0.3, -0.25) is 9.59 Å². The quantitative estimate of drug-likeness (QED) is 0.738. The Hall–Kier alpha value is -2.04. The molecular formula is C14H19NO4. The average Bonchev–Trinajstić information content (AvgIpc) is 2.40. The molecule has 1 aromatic carbocycles. The first-order chi connectivity index (χ1) is 9.04. The van der Waals surface area contributed by atoms with Crippen LogP contribution in [-0.4, -0.2) is 30.2 Å². The van der Waals surface area contributed by atoms with Gasteiger partial charge in [0.15, 0.2) is 0 Å². The van der Waals surface area contributed by atoms with E-state index in [9.17, 15) is 9.59 Å². The fourth-order valence-corrected chi connectivity index (χ4v) is 1.70. The van der Waals surface area contributed by atoms with Crippen molar-refractivity contribution in [2.24, 2.45) is 0 Å². The van der Waals surface area contributed by atoms with Crippen molar-refractivity contribution in [1.29, 1.82) is 0 Å². The fraction of sp³-hybridized carbons (Fsp3) is 0.429. The number of nitrogens with one attached hydrogen (secondary N) is 1. The fourth-order valence-electron chi connectivity index (χ4n) is 1.70. The van der Waals surface area contributed by atoms with Gasteiger partial charge >= 0.3 is 11.9 Å². The van der Waals surface area contributed by atoms with Crippen molar-refractivity contribution in [3.63, 3.8) is 0 Å². The molecule has 5 heteroatoms. The summed E-state index contributed by atoms with van der Waals surface area (Å²) in [6.07, 6.45) is 1.73. The normalized spacial score (nSPS) is 11.7. The number of esters is 1. The number of benzene rings is 1. The standard InChI is InChI=1S/C14H19NO4/c1-10(14(17)18)15-12-8-4-3-6-11(12)7-5-9-13(16)19-2/h3-4,6,8,10,15H,5,7,9H2,1-2H3,(H,17,18). The molecule has 0 spiro atoms. The van der Waals surface area contributed by atoms with E-state index in [0.717, 1.165) is 11.3 Å². The molecule has 0 saturated heterocycles. The van der Waals surface area contributed by atoms with Crippen LogP contribution < -0.4 is 5.32 Å². The highest BCUT2D eigenvalue weighted by molar-refractivity contribution is 5.77.